The highest BCUT2D eigenvalue weighted by molar-refractivity contribution is 5.87. The van der Waals surface area contributed by atoms with Crippen LogP contribution in [0.25, 0.3) is 22.0 Å². The molecule has 0 spiro atoms. The Morgan fingerprint density at radius 2 is 1.90 bits per heavy atom. The molecule has 1 N–H and O–H groups in total. The molecule has 1 aliphatic heterocycles. The van der Waals surface area contributed by atoms with Crippen molar-refractivity contribution in [2.45, 2.75) is 19.3 Å². The molecule has 0 saturated carbocycles. The molecule has 0 radical (unpaired) electrons. The maximum absolute atomic E-state index is 5.47. The van der Waals surface area contributed by atoms with Crippen LogP contribution < -0.4 is 5.32 Å². The monoisotopic (exact) mass is 264 g/mol. The van der Waals surface area contributed by atoms with E-state index in [0.717, 1.165) is 30.1 Å². The molecule has 0 amide bonds. The predicted octanol–water partition coefficient (Wildman–Crippen LogP) is 4.24. The van der Waals surface area contributed by atoms with Gasteiger partial charge in [0.25, 0.3) is 0 Å². The quantitative estimate of drug-likeness (QED) is 0.714. The molecule has 3 aromatic rings. The lowest BCUT2D eigenvalue weighted by Gasteiger charge is -2.03. The van der Waals surface area contributed by atoms with Gasteiger partial charge in [-0.15, -0.1) is 0 Å². The third-order valence-electron chi connectivity index (χ3n) is 3.95. The van der Waals surface area contributed by atoms with E-state index >= 15 is 0 Å². The van der Waals surface area contributed by atoms with E-state index in [1.807, 2.05) is 0 Å². The van der Waals surface area contributed by atoms with Crippen LogP contribution in [0.15, 0.2) is 47.0 Å². The number of aromatic nitrogens is 1. The fraction of sp³-hybridized carbons (Fsp3) is 0.235. The van der Waals surface area contributed by atoms with Gasteiger partial charge in [-0.05, 0) is 36.1 Å². The summed E-state index contributed by atoms with van der Waals surface area (Å²) < 4.78 is 5.47. The Morgan fingerprint density at radius 3 is 2.85 bits per heavy atom. The summed E-state index contributed by atoms with van der Waals surface area (Å²) >= 11 is 0. The average Bonchev–Trinajstić information content (AvgIpc) is 2.75. The molecular formula is C17H16N2O. The zero-order valence-electron chi connectivity index (χ0n) is 11.2. The fourth-order valence-electron chi connectivity index (χ4n) is 2.87. The van der Waals surface area contributed by atoms with Crippen molar-refractivity contribution in [3.05, 3.63) is 48.0 Å². The van der Waals surface area contributed by atoms with Crippen molar-refractivity contribution in [1.82, 2.24) is 5.16 Å². The van der Waals surface area contributed by atoms with E-state index in [0.29, 0.717) is 0 Å². The molecule has 0 bridgehead atoms. The van der Waals surface area contributed by atoms with Crippen molar-refractivity contribution in [3.63, 3.8) is 0 Å². The number of nitrogens with one attached hydrogen (secondary N) is 1. The number of hydrogen-bond donors (Lipinski definition) is 1. The summed E-state index contributed by atoms with van der Waals surface area (Å²) in [6.45, 7) is 0.972. The smallest absolute Gasteiger partial charge is 0.228 e. The molecule has 0 atom stereocenters. The minimum atomic E-state index is 0.852. The summed E-state index contributed by atoms with van der Waals surface area (Å²) in [5.41, 5.74) is 3.34. The Kier molecular flexibility index (Phi) is 2.69. The predicted molar refractivity (Wildman–Crippen MR) is 80.9 cm³/mol. The van der Waals surface area contributed by atoms with Gasteiger partial charge in [0.1, 0.15) is 5.69 Å². The minimum absolute atomic E-state index is 0.852. The van der Waals surface area contributed by atoms with Gasteiger partial charge >= 0.3 is 0 Å². The highest BCUT2D eigenvalue weighted by atomic mass is 16.5. The lowest BCUT2D eigenvalue weighted by Crippen LogP contribution is -1.97. The molecule has 0 fully saturated rings. The van der Waals surface area contributed by atoms with E-state index in [4.69, 9.17) is 4.52 Å². The lowest BCUT2D eigenvalue weighted by molar-refractivity contribution is 0.434. The first kappa shape index (κ1) is 11.5. The van der Waals surface area contributed by atoms with Gasteiger partial charge in [0, 0.05) is 17.7 Å². The molecule has 2 heterocycles. The number of hydrogen-bond acceptors (Lipinski definition) is 3. The summed E-state index contributed by atoms with van der Waals surface area (Å²) in [5, 5.41) is 10.1. The third-order valence-corrected chi connectivity index (χ3v) is 3.95. The SMILES string of the molecule is c1ccc2cc(-c3noc4c3CCCCN4)ccc2c1. The van der Waals surface area contributed by atoms with E-state index in [-0.39, 0.29) is 0 Å². The molecule has 1 aliphatic rings. The number of benzene rings is 2. The van der Waals surface area contributed by atoms with Crippen LogP contribution in [0.5, 0.6) is 0 Å². The minimum Gasteiger partial charge on any atom is -0.354 e. The second-order valence-corrected chi connectivity index (χ2v) is 5.28. The molecule has 4 rings (SSSR count). The molecule has 2 aromatic carbocycles. The normalized spacial score (nSPS) is 14.6. The standard InChI is InChI=1S/C17H16N2O/c1-2-6-13-11-14(9-8-12(13)5-1)16-15-7-3-4-10-18-17(15)20-19-16/h1-2,5-6,8-9,11,18H,3-4,7,10H2. The van der Waals surface area contributed by atoms with Gasteiger partial charge in [-0.3, -0.25) is 0 Å². The molecule has 3 heteroatoms. The number of fused-ring (bicyclic) bond motifs is 2. The summed E-state index contributed by atoms with van der Waals surface area (Å²) in [5.74, 6) is 0.852. The Hall–Kier alpha value is -2.29. The third kappa shape index (κ3) is 1.86. The van der Waals surface area contributed by atoms with Crippen molar-refractivity contribution < 1.29 is 4.52 Å². The van der Waals surface area contributed by atoms with Crippen molar-refractivity contribution in [3.8, 4) is 11.3 Å². The average molecular weight is 264 g/mol. The highest BCUT2D eigenvalue weighted by Gasteiger charge is 2.19. The van der Waals surface area contributed by atoms with Crippen LogP contribution in [0.4, 0.5) is 5.88 Å². The van der Waals surface area contributed by atoms with Crippen LogP contribution >= 0.6 is 0 Å². The summed E-state index contributed by atoms with van der Waals surface area (Å²) in [6.07, 6.45) is 3.40. The molecule has 0 aliphatic carbocycles. The number of rotatable bonds is 1. The molecule has 0 saturated heterocycles. The van der Waals surface area contributed by atoms with E-state index < -0.39 is 0 Å². The van der Waals surface area contributed by atoms with Crippen LogP contribution in [0.1, 0.15) is 18.4 Å². The highest BCUT2D eigenvalue weighted by Crippen LogP contribution is 2.33. The molecule has 1 aromatic heterocycles. The van der Waals surface area contributed by atoms with Crippen molar-refractivity contribution in [1.29, 1.82) is 0 Å². The second kappa shape index (κ2) is 4.67. The van der Waals surface area contributed by atoms with E-state index in [1.54, 1.807) is 0 Å². The first-order valence-electron chi connectivity index (χ1n) is 7.13. The summed E-state index contributed by atoms with van der Waals surface area (Å²) in [6, 6.07) is 14.9. The van der Waals surface area contributed by atoms with Crippen molar-refractivity contribution in [2.24, 2.45) is 0 Å². The summed E-state index contributed by atoms with van der Waals surface area (Å²) in [4.78, 5) is 0. The Balaban J connectivity index is 1.84. The Morgan fingerprint density at radius 1 is 1.00 bits per heavy atom. The topological polar surface area (TPSA) is 38.1 Å². The van der Waals surface area contributed by atoms with Gasteiger partial charge < -0.3 is 9.84 Å². The van der Waals surface area contributed by atoms with E-state index in [1.165, 1.54) is 29.2 Å². The maximum Gasteiger partial charge on any atom is 0.228 e. The van der Waals surface area contributed by atoms with Gasteiger partial charge in [0.2, 0.25) is 5.88 Å². The van der Waals surface area contributed by atoms with Gasteiger partial charge in [-0.2, -0.15) is 0 Å². The number of nitrogens with zero attached hydrogens (tertiary/aromatic N) is 1. The summed E-state index contributed by atoms with van der Waals surface area (Å²) in [7, 11) is 0. The zero-order chi connectivity index (χ0) is 13.4. The second-order valence-electron chi connectivity index (χ2n) is 5.28. The largest absolute Gasteiger partial charge is 0.354 e. The van der Waals surface area contributed by atoms with Crippen LogP contribution in [0.2, 0.25) is 0 Å². The van der Waals surface area contributed by atoms with Gasteiger partial charge in [-0.25, -0.2) is 0 Å². The first-order valence-corrected chi connectivity index (χ1v) is 7.13. The van der Waals surface area contributed by atoms with Crippen LogP contribution in [0.3, 0.4) is 0 Å². The molecule has 100 valence electrons. The Bertz CT molecular complexity index is 761. The van der Waals surface area contributed by atoms with Crippen LogP contribution in [-0.2, 0) is 6.42 Å². The van der Waals surface area contributed by atoms with Crippen molar-refractivity contribution in [2.75, 3.05) is 11.9 Å². The number of anilines is 1. The van der Waals surface area contributed by atoms with Crippen LogP contribution in [0, 0.1) is 0 Å². The van der Waals surface area contributed by atoms with E-state index in [2.05, 4.69) is 52.9 Å². The van der Waals surface area contributed by atoms with Crippen LogP contribution in [-0.4, -0.2) is 11.7 Å². The van der Waals surface area contributed by atoms with Gasteiger partial charge in [-0.1, -0.05) is 41.6 Å². The molecular weight excluding hydrogens is 248 g/mol. The first-order chi connectivity index (χ1) is 9.92. The zero-order valence-corrected chi connectivity index (χ0v) is 11.2. The van der Waals surface area contributed by atoms with E-state index in [9.17, 15) is 0 Å². The van der Waals surface area contributed by atoms with Gasteiger partial charge in [0.15, 0.2) is 0 Å². The molecule has 20 heavy (non-hydrogen) atoms. The van der Waals surface area contributed by atoms with Gasteiger partial charge in [0.05, 0.1) is 0 Å². The lowest BCUT2D eigenvalue weighted by atomic mass is 10.0. The molecule has 3 nitrogen and oxygen atoms in total. The fourth-order valence-corrected chi connectivity index (χ4v) is 2.87. The maximum atomic E-state index is 5.47. The molecule has 0 unspecified atom stereocenters. The van der Waals surface area contributed by atoms with Crippen molar-refractivity contribution >= 4 is 16.7 Å². The Labute approximate surface area is 117 Å².